The average Bonchev–Trinajstić information content (AvgIpc) is 2.41. The fraction of sp³-hybridized carbons (Fsp3) is 0.312. The number of aromatic nitrogens is 1. The highest BCUT2D eigenvalue weighted by Gasteiger charge is 2.05. The molecule has 0 aliphatic rings. The van der Waals surface area contributed by atoms with Crippen molar-refractivity contribution >= 4 is 5.69 Å². The highest BCUT2D eigenvalue weighted by Crippen LogP contribution is 2.15. The minimum atomic E-state index is 0.320. The van der Waals surface area contributed by atoms with Crippen molar-refractivity contribution in [3.63, 3.8) is 0 Å². The monoisotopic (exact) mass is 256 g/mol. The summed E-state index contributed by atoms with van der Waals surface area (Å²) in [6.07, 6.45) is 3.84. The lowest BCUT2D eigenvalue weighted by Crippen LogP contribution is -2.16. The van der Waals surface area contributed by atoms with Gasteiger partial charge < -0.3 is 10.4 Å². The van der Waals surface area contributed by atoms with E-state index in [2.05, 4.69) is 23.3 Å². The summed E-state index contributed by atoms with van der Waals surface area (Å²) in [6.45, 7) is 4.18. The van der Waals surface area contributed by atoms with Gasteiger partial charge in [0.1, 0.15) is 5.75 Å². The van der Waals surface area contributed by atoms with Gasteiger partial charge in [-0.15, -0.1) is 0 Å². The number of nitrogens with one attached hydrogen (secondary N) is 1. The normalized spacial score (nSPS) is 12.1. The maximum absolute atomic E-state index is 9.24. The second-order valence-corrected chi connectivity index (χ2v) is 4.89. The first-order valence-electron chi connectivity index (χ1n) is 6.61. The molecule has 0 spiro atoms. The van der Waals surface area contributed by atoms with Gasteiger partial charge in [-0.3, -0.25) is 4.98 Å². The molecule has 0 fully saturated rings. The summed E-state index contributed by atoms with van der Waals surface area (Å²) in [4.78, 5) is 4.27. The van der Waals surface area contributed by atoms with E-state index in [4.69, 9.17) is 0 Å². The summed E-state index contributed by atoms with van der Waals surface area (Å²) < 4.78 is 0. The second-order valence-electron chi connectivity index (χ2n) is 4.89. The van der Waals surface area contributed by atoms with Gasteiger partial charge in [0.05, 0.1) is 11.4 Å². The zero-order valence-electron chi connectivity index (χ0n) is 11.4. The van der Waals surface area contributed by atoms with Gasteiger partial charge in [-0.2, -0.15) is 0 Å². The Hall–Kier alpha value is -2.03. The molecule has 2 rings (SSSR count). The largest absolute Gasteiger partial charge is 0.508 e. The van der Waals surface area contributed by atoms with Crippen LogP contribution in [-0.2, 0) is 6.42 Å². The molecule has 1 aromatic heterocycles. The molecule has 0 amide bonds. The van der Waals surface area contributed by atoms with Gasteiger partial charge in [0, 0.05) is 12.2 Å². The molecule has 1 unspecified atom stereocenters. The lowest BCUT2D eigenvalue weighted by atomic mass is 10.1. The predicted octanol–water partition coefficient (Wildman–Crippen LogP) is 3.53. The highest BCUT2D eigenvalue weighted by atomic mass is 16.3. The van der Waals surface area contributed by atoms with Crippen LogP contribution in [-0.4, -0.2) is 16.1 Å². The average molecular weight is 256 g/mol. The van der Waals surface area contributed by atoms with Crippen molar-refractivity contribution in [1.82, 2.24) is 4.98 Å². The highest BCUT2D eigenvalue weighted by molar-refractivity contribution is 5.47. The van der Waals surface area contributed by atoms with E-state index in [0.717, 1.165) is 24.2 Å². The van der Waals surface area contributed by atoms with Gasteiger partial charge in [-0.05, 0) is 56.5 Å². The van der Waals surface area contributed by atoms with Crippen molar-refractivity contribution in [3.8, 4) is 5.75 Å². The minimum Gasteiger partial charge on any atom is -0.508 e. The molecule has 1 atom stereocenters. The van der Waals surface area contributed by atoms with Crippen LogP contribution in [0.5, 0.6) is 5.75 Å². The third kappa shape index (κ3) is 3.98. The molecular weight excluding hydrogens is 236 g/mol. The molecule has 19 heavy (non-hydrogen) atoms. The number of phenols is 1. The lowest BCUT2D eigenvalue weighted by Gasteiger charge is -2.16. The first kappa shape index (κ1) is 13.4. The summed E-state index contributed by atoms with van der Waals surface area (Å²) in [5, 5.41) is 12.7. The Morgan fingerprint density at radius 1 is 1.21 bits per heavy atom. The number of benzene rings is 1. The van der Waals surface area contributed by atoms with Crippen LogP contribution >= 0.6 is 0 Å². The molecule has 100 valence electrons. The third-order valence-electron chi connectivity index (χ3n) is 3.21. The summed E-state index contributed by atoms with van der Waals surface area (Å²) in [5.74, 6) is 0.320. The smallest absolute Gasteiger partial charge is 0.115 e. The quantitative estimate of drug-likeness (QED) is 0.860. The Morgan fingerprint density at radius 3 is 2.63 bits per heavy atom. The Kier molecular flexibility index (Phi) is 4.39. The number of aromatic hydroxyl groups is 1. The molecule has 3 nitrogen and oxygen atoms in total. The van der Waals surface area contributed by atoms with Crippen LogP contribution < -0.4 is 5.32 Å². The fourth-order valence-electron chi connectivity index (χ4n) is 2.02. The Labute approximate surface area is 114 Å². The maximum Gasteiger partial charge on any atom is 0.115 e. The standard InChI is InChI=1S/C16H20N2O/c1-12(18-16-4-3-11-17-13(16)2)5-6-14-7-9-15(19)10-8-14/h3-4,7-12,18-19H,5-6H2,1-2H3. The van der Waals surface area contributed by atoms with Crippen LogP contribution in [0.2, 0.25) is 0 Å². The molecule has 2 aromatic rings. The summed E-state index contributed by atoms with van der Waals surface area (Å²) in [6, 6.07) is 11.8. The van der Waals surface area contributed by atoms with Crippen LogP contribution in [0.1, 0.15) is 24.6 Å². The van der Waals surface area contributed by atoms with Gasteiger partial charge >= 0.3 is 0 Å². The zero-order chi connectivity index (χ0) is 13.7. The molecular formula is C16H20N2O. The Morgan fingerprint density at radius 2 is 1.95 bits per heavy atom. The summed E-state index contributed by atoms with van der Waals surface area (Å²) in [5.41, 5.74) is 3.37. The first-order chi connectivity index (χ1) is 9.15. The van der Waals surface area contributed by atoms with E-state index in [9.17, 15) is 5.11 Å². The van der Waals surface area contributed by atoms with Crippen molar-refractivity contribution in [2.45, 2.75) is 32.7 Å². The molecule has 2 N–H and O–H groups in total. The van der Waals surface area contributed by atoms with Gasteiger partial charge in [-0.1, -0.05) is 12.1 Å². The molecule has 0 aliphatic heterocycles. The number of aryl methyl sites for hydroxylation is 2. The van der Waals surface area contributed by atoms with Crippen LogP contribution in [0.15, 0.2) is 42.6 Å². The van der Waals surface area contributed by atoms with Gasteiger partial charge in [0.2, 0.25) is 0 Å². The molecule has 1 heterocycles. The van der Waals surface area contributed by atoms with Gasteiger partial charge in [0.15, 0.2) is 0 Å². The van der Waals surface area contributed by atoms with E-state index in [1.54, 1.807) is 12.1 Å². The minimum absolute atomic E-state index is 0.320. The molecule has 0 bridgehead atoms. The van der Waals surface area contributed by atoms with Crippen molar-refractivity contribution in [1.29, 1.82) is 0 Å². The fourth-order valence-corrected chi connectivity index (χ4v) is 2.02. The second kappa shape index (κ2) is 6.23. The molecule has 0 saturated heterocycles. The van der Waals surface area contributed by atoms with Gasteiger partial charge in [-0.25, -0.2) is 0 Å². The van der Waals surface area contributed by atoms with Gasteiger partial charge in [0.25, 0.3) is 0 Å². The number of rotatable bonds is 5. The molecule has 0 radical (unpaired) electrons. The number of hydrogen-bond acceptors (Lipinski definition) is 3. The number of hydrogen-bond donors (Lipinski definition) is 2. The van der Waals surface area contributed by atoms with E-state index >= 15 is 0 Å². The van der Waals surface area contributed by atoms with Crippen molar-refractivity contribution < 1.29 is 5.11 Å². The Bertz CT molecular complexity index is 523. The Balaban J connectivity index is 1.86. The van der Waals surface area contributed by atoms with Crippen LogP contribution in [0.3, 0.4) is 0 Å². The predicted molar refractivity (Wildman–Crippen MR) is 78.5 cm³/mol. The summed E-state index contributed by atoms with van der Waals surface area (Å²) in [7, 11) is 0. The van der Waals surface area contributed by atoms with E-state index in [1.807, 2.05) is 31.3 Å². The number of anilines is 1. The van der Waals surface area contributed by atoms with E-state index < -0.39 is 0 Å². The molecule has 1 aromatic carbocycles. The van der Waals surface area contributed by atoms with Crippen LogP contribution in [0.4, 0.5) is 5.69 Å². The van der Waals surface area contributed by atoms with Crippen molar-refractivity contribution in [2.24, 2.45) is 0 Å². The number of nitrogens with zero attached hydrogens (tertiary/aromatic N) is 1. The number of phenolic OH excluding ortho intramolecular Hbond substituents is 1. The summed E-state index contributed by atoms with van der Waals surface area (Å²) >= 11 is 0. The van der Waals surface area contributed by atoms with Crippen molar-refractivity contribution in [3.05, 3.63) is 53.9 Å². The topological polar surface area (TPSA) is 45.2 Å². The van der Waals surface area contributed by atoms with Crippen molar-refractivity contribution in [2.75, 3.05) is 5.32 Å². The molecule has 0 aliphatic carbocycles. The first-order valence-corrected chi connectivity index (χ1v) is 6.61. The maximum atomic E-state index is 9.24. The third-order valence-corrected chi connectivity index (χ3v) is 3.21. The van der Waals surface area contributed by atoms with E-state index in [-0.39, 0.29) is 0 Å². The molecule has 0 saturated carbocycles. The SMILES string of the molecule is Cc1ncccc1NC(C)CCc1ccc(O)cc1. The lowest BCUT2D eigenvalue weighted by molar-refractivity contribution is 0.475. The van der Waals surface area contributed by atoms with Crippen LogP contribution in [0, 0.1) is 6.92 Å². The molecule has 3 heteroatoms. The van der Waals surface area contributed by atoms with E-state index in [1.165, 1.54) is 5.56 Å². The van der Waals surface area contributed by atoms with E-state index in [0.29, 0.717) is 11.8 Å². The number of pyridine rings is 1. The zero-order valence-corrected chi connectivity index (χ0v) is 11.4. The van der Waals surface area contributed by atoms with Crippen LogP contribution in [0.25, 0.3) is 0 Å².